The number of hydrogen-bond acceptors (Lipinski definition) is 6. The third kappa shape index (κ3) is 2.53. The summed E-state index contributed by atoms with van der Waals surface area (Å²) in [6, 6.07) is 1.69. The van der Waals surface area contributed by atoms with Crippen molar-refractivity contribution in [1.29, 1.82) is 0 Å². The summed E-state index contributed by atoms with van der Waals surface area (Å²) in [4.78, 5) is 24.3. The van der Waals surface area contributed by atoms with Crippen molar-refractivity contribution in [3.8, 4) is 0 Å². The molecule has 0 radical (unpaired) electrons. The van der Waals surface area contributed by atoms with E-state index in [1.165, 1.54) is 0 Å². The van der Waals surface area contributed by atoms with Gasteiger partial charge >= 0.3 is 0 Å². The van der Waals surface area contributed by atoms with Crippen molar-refractivity contribution in [1.82, 2.24) is 9.97 Å². The number of anilines is 2. The Labute approximate surface area is 117 Å². The van der Waals surface area contributed by atoms with Crippen LogP contribution in [0.15, 0.2) is 12.4 Å². The number of carbonyl (C=O) groups excluding carboxylic acids is 1. The number of amides is 1. The molecule has 1 atom stereocenters. The van der Waals surface area contributed by atoms with Crippen LogP contribution in [0.4, 0.5) is 11.6 Å². The molecule has 1 aromatic rings. The highest BCUT2D eigenvalue weighted by molar-refractivity contribution is 5.84. The number of ether oxygens (including phenoxy) is 1. The van der Waals surface area contributed by atoms with Gasteiger partial charge in [-0.3, -0.25) is 4.79 Å². The molecule has 3 rings (SSSR count). The van der Waals surface area contributed by atoms with Gasteiger partial charge in [-0.15, -0.1) is 0 Å². The van der Waals surface area contributed by atoms with Crippen LogP contribution in [0.3, 0.4) is 0 Å². The summed E-state index contributed by atoms with van der Waals surface area (Å²) < 4.78 is 5.34. The fraction of sp³-hybridized carbons (Fsp3) is 0.615. The van der Waals surface area contributed by atoms with Gasteiger partial charge in [0.2, 0.25) is 5.91 Å². The van der Waals surface area contributed by atoms with E-state index >= 15 is 0 Å². The minimum Gasteiger partial charge on any atom is -0.378 e. The summed E-state index contributed by atoms with van der Waals surface area (Å²) in [5, 5.41) is 0. The van der Waals surface area contributed by atoms with Crippen LogP contribution in [0.1, 0.15) is 12.8 Å². The monoisotopic (exact) mass is 277 g/mol. The second-order valence-electron chi connectivity index (χ2n) is 5.09. The molecule has 7 nitrogen and oxygen atoms in total. The predicted octanol–water partition coefficient (Wildman–Crippen LogP) is -0.233. The average molecular weight is 277 g/mol. The molecule has 2 saturated heterocycles. The Balaban J connectivity index is 1.81. The first kappa shape index (κ1) is 13.1. The highest BCUT2D eigenvalue weighted by atomic mass is 16.5. The lowest BCUT2D eigenvalue weighted by atomic mass is 10.2. The molecule has 2 aliphatic rings. The van der Waals surface area contributed by atoms with Gasteiger partial charge in [-0.05, 0) is 12.8 Å². The molecule has 2 aliphatic heterocycles. The number of rotatable bonds is 3. The van der Waals surface area contributed by atoms with E-state index in [0.29, 0.717) is 13.2 Å². The van der Waals surface area contributed by atoms with Gasteiger partial charge in [0.25, 0.3) is 0 Å². The van der Waals surface area contributed by atoms with Crippen LogP contribution in [-0.2, 0) is 9.53 Å². The third-order valence-corrected chi connectivity index (χ3v) is 3.85. The first-order valence-corrected chi connectivity index (χ1v) is 6.96. The molecule has 0 saturated carbocycles. The Hall–Kier alpha value is -1.89. The van der Waals surface area contributed by atoms with Crippen molar-refractivity contribution in [2.75, 3.05) is 42.6 Å². The first-order chi connectivity index (χ1) is 9.75. The fourth-order valence-corrected chi connectivity index (χ4v) is 2.80. The summed E-state index contributed by atoms with van der Waals surface area (Å²) in [5.41, 5.74) is 5.46. The number of nitrogens with two attached hydrogens (primary N) is 1. The number of morpholine rings is 1. The average Bonchev–Trinajstić information content (AvgIpc) is 2.98. The van der Waals surface area contributed by atoms with Crippen LogP contribution in [0, 0.1) is 0 Å². The van der Waals surface area contributed by atoms with Crippen molar-refractivity contribution in [2.24, 2.45) is 5.73 Å². The lowest BCUT2D eigenvalue weighted by Gasteiger charge is -2.29. The van der Waals surface area contributed by atoms with E-state index in [-0.39, 0.29) is 11.9 Å². The van der Waals surface area contributed by atoms with Gasteiger partial charge in [0, 0.05) is 25.7 Å². The van der Waals surface area contributed by atoms with Gasteiger partial charge in [-0.25, -0.2) is 9.97 Å². The molecular weight excluding hydrogens is 258 g/mol. The Bertz CT molecular complexity index is 489. The summed E-state index contributed by atoms with van der Waals surface area (Å²) in [5.74, 6) is 1.38. The van der Waals surface area contributed by atoms with Crippen LogP contribution in [-0.4, -0.2) is 54.8 Å². The molecule has 0 bridgehead atoms. The minimum atomic E-state index is -0.283. The number of aromatic nitrogens is 2. The highest BCUT2D eigenvalue weighted by Crippen LogP contribution is 2.26. The molecule has 108 valence electrons. The van der Waals surface area contributed by atoms with E-state index in [4.69, 9.17) is 10.5 Å². The topological polar surface area (TPSA) is 84.6 Å². The Kier molecular flexibility index (Phi) is 3.68. The summed E-state index contributed by atoms with van der Waals surface area (Å²) in [6.07, 6.45) is 3.31. The standard InChI is InChI=1S/C13H19N5O2/c14-13(19)10-2-1-3-18(10)12-8-11(15-9-16-12)17-4-6-20-7-5-17/h8-10H,1-7H2,(H2,14,19)/t10-/m1/s1. The van der Waals surface area contributed by atoms with Gasteiger partial charge in [0.05, 0.1) is 13.2 Å². The van der Waals surface area contributed by atoms with Crippen molar-refractivity contribution in [3.05, 3.63) is 12.4 Å². The van der Waals surface area contributed by atoms with Crippen molar-refractivity contribution >= 4 is 17.5 Å². The zero-order valence-corrected chi connectivity index (χ0v) is 11.4. The molecule has 20 heavy (non-hydrogen) atoms. The van der Waals surface area contributed by atoms with E-state index in [2.05, 4.69) is 14.9 Å². The van der Waals surface area contributed by atoms with Crippen LogP contribution in [0.25, 0.3) is 0 Å². The summed E-state index contributed by atoms with van der Waals surface area (Å²) >= 11 is 0. The predicted molar refractivity (Wildman–Crippen MR) is 74.6 cm³/mol. The number of primary amides is 1. The molecule has 0 aliphatic carbocycles. The highest BCUT2D eigenvalue weighted by Gasteiger charge is 2.30. The van der Waals surface area contributed by atoms with Crippen LogP contribution < -0.4 is 15.5 Å². The van der Waals surface area contributed by atoms with Gasteiger partial charge in [-0.1, -0.05) is 0 Å². The summed E-state index contributed by atoms with van der Waals surface area (Å²) in [6.45, 7) is 3.90. The van der Waals surface area contributed by atoms with Crippen molar-refractivity contribution < 1.29 is 9.53 Å². The lowest BCUT2D eigenvalue weighted by molar-refractivity contribution is -0.119. The molecule has 2 fully saturated rings. The first-order valence-electron chi connectivity index (χ1n) is 6.96. The molecule has 2 N–H and O–H groups in total. The van der Waals surface area contributed by atoms with Crippen LogP contribution >= 0.6 is 0 Å². The van der Waals surface area contributed by atoms with E-state index in [9.17, 15) is 4.79 Å². The van der Waals surface area contributed by atoms with Gasteiger partial charge in [0.1, 0.15) is 24.0 Å². The number of hydrogen-bond donors (Lipinski definition) is 1. The molecule has 1 aromatic heterocycles. The molecule has 1 amide bonds. The smallest absolute Gasteiger partial charge is 0.240 e. The molecular formula is C13H19N5O2. The zero-order valence-electron chi connectivity index (χ0n) is 11.4. The quantitative estimate of drug-likeness (QED) is 0.821. The Morgan fingerprint density at radius 3 is 2.75 bits per heavy atom. The fourth-order valence-electron chi connectivity index (χ4n) is 2.80. The number of nitrogens with zero attached hydrogens (tertiary/aromatic N) is 4. The summed E-state index contributed by atoms with van der Waals surface area (Å²) in [7, 11) is 0. The van der Waals surface area contributed by atoms with Gasteiger partial charge in [0.15, 0.2) is 0 Å². The zero-order chi connectivity index (χ0) is 13.9. The second-order valence-corrected chi connectivity index (χ2v) is 5.09. The largest absolute Gasteiger partial charge is 0.378 e. The minimum absolute atomic E-state index is 0.248. The molecule has 0 unspecified atom stereocenters. The Morgan fingerprint density at radius 1 is 1.25 bits per heavy atom. The van der Waals surface area contributed by atoms with E-state index in [1.54, 1.807) is 6.33 Å². The molecule has 7 heteroatoms. The lowest BCUT2D eigenvalue weighted by Crippen LogP contribution is -2.41. The second kappa shape index (κ2) is 5.62. The van der Waals surface area contributed by atoms with E-state index < -0.39 is 0 Å². The van der Waals surface area contributed by atoms with Crippen molar-refractivity contribution in [3.63, 3.8) is 0 Å². The van der Waals surface area contributed by atoms with E-state index in [0.717, 1.165) is 44.1 Å². The van der Waals surface area contributed by atoms with Gasteiger partial charge < -0.3 is 20.3 Å². The van der Waals surface area contributed by atoms with Crippen molar-refractivity contribution in [2.45, 2.75) is 18.9 Å². The maximum Gasteiger partial charge on any atom is 0.240 e. The maximum absolute atomic E-state index is 11.5. The number of carbonyl (C=O) groups is 1. The molecule has 0 spiro atoms. The molecule has 3 heterocycles. The SMILES string of the molecule is NC(=O)[C@H]1CCCN1c1cc(N2CCOCC2)ncn1. The normalized spacial score (nSPS) is 23.1. The third-order valence-electron chi connectivity index (χ3n) is 3.85. The molecule has 0 aromatic carbocycles. The van der Waals surface area contributed by atoms with Gasteiger partial charge in [-0.2, -0.15) is 0 Å². The van der Waals surface area contributed by atoms with Crippen LogP contribution in [0.2, 0.25) is 0 Å². The Morgan fingerprint density at radius 2 is 2.00 bits per heavy atom. The van der Waals surface area contributed by atoms with Crippen LogP contribution in [0.5, 0.6) is 0 Å². The maximum atomic E-state index is 11.5. The van der Waals surface area contributed by atoms with E-state index in [1.807, 2.05) is 11.0 Å².